The van der Waals surface area contributed by atoms with Gasteiger partial charge < -0.3 is 15.0 Å². The smallest absolute Gasteiger partial charge is 0.254 e. The predicted molar refractivity (Wildman–Crippen MR) is 112 cm³/mol. The van der Waals surface area contributed by atoms with E-state index >= 15 is 0 Å². The quantitative estimate of drug-likeness (QED) is 0.678. The first-order valence-corrected chi connectivity index (χ1v) is 9.98. The summed E-state index contributed by atoms with van der Waals surface area (Å²) in [4.78, 5) is 23.3. The Morgan fingerprint density at radius 2 is 1.97 bits per heavy atom. The van der Waals surface area contributed by atoms with Crippen LogP contribution in [0.25, 0.3) is 0 Å². The van der Waals surface area contributed by atoms with Gasteiger partial charge in [-0.25, -0.2) is 13.8 Å². The number of benzene rings is 1. The molecule has 6 nitrogen and oxygen atoms in total. The van der Waals surface area contributed by atoms with E-state index in [0.29, 0.717) is 42.5 Å². The fraction of sp³-hybridized carbons (Fsp3) is 0.261. The largest absolute Gasteiger partial charge is 0.373 e. The number of hydrogen-bond acceptors (Lipinski definition) is 5. The number of halogens is 2. The summed E-state index contributed by atoms with van der Waals surface area (Å²) in [5.41, 5.74) is 1.67. The van der Waals surface area contributed by atoms with Crippen LogP contribution in [0, 0.1) is 11.6 Å². The summed E-state index contributed by atoms with van der Waals surface area (Å²) in [6.45, 7) is 1.17. The number of morpholine rings is 1. The summed E-state index contributed by atoms with van der Waals surface area (Å²) in [5.74, 6) is -0.699. The van der Waals surface area contributed by atoms with E-state index in [-0.39, 0.29) is 17.9 Å². The number of aromatic nitrogens is 2. The molecule has 1 saturated heterocycles. The standard InChI is InChI=1S/C23H22F2N4O2/c1-26-22-12-15(8-9-27-22)23(30)29-10-11-31-21(14-29)20-7-2-4-16(28-20)13-17-18(24)5-3-6-19(17)25/h2-9,12,21H,10-11,13-14H2,1H3,(H,26,27)/t21-/m0/s1. The fourth-order valence-corrected chi connectivity index (χ4v) is 3.55. The van der Waals surface area contributed by atoms with Crippen molar-refractivity contribution in [1.29, 1.82) is 0 Å². The molecule has 1 aromatic carbocycles. The molecule has 0 unspecified atom stereocenters. The Bertz CT molecular complexity index is 1070. The molecule has 0 bridgehead atoms. The van der Waals surface area contributed by atoms with Gasteiger partial charge in [-0.15, -0.1) is 0 Å². The molecule has 0 aliphatic carbocycles. The molecule has 0 spiro atoms. The Morgan fingerprint density at radius 3 is 2.74 bits per heavy atom. The number of nitrogens with zero attached hydrogens (tertiary/aromatic N) is 3. The van der Waals surface area contributed by atoms with E-state index < -0.39 is 17.7 Å². The Morgan fingerprint density at radius 1 is 1.19 bits per heavy atom. The highest BCUT2D eigenvalue weighted by molar-refractivity contribution is 5.94. The van der Waals surface area contributed by atoms with Gasteiger partial charge in [-0.1, -0.05) is 12.1 Å². The van der Waals surface area contributed by atoms with Crippen LogP contribution < -0.4 is 5.32 Å². The zero-order valence-corrected chi connectivity index (χ0v) is 17.0. The minimum absolute atomic E-state index is 0.0217. The molecule has 8 heteroatoms. The average molecular weight is 424 g/mol. The minimum Gasteiger partial charge on any atom is -0.373 e. The first-order valence-electron chi connectivity index (χ1n) is 9.98. The summed E-state index contributed by atoms with van der Waals surface area (Å²) in [7, 11) is 1.74. The summed E-state index contributed by atoms with van der Waals surface area (Å²) in [6.07, 6.45) is 1.20. The van der Waals surface area contributed by atoms with E-state index in [1.165, 1.54) is 18.2 Å². The summed E-state index contributed by atoms with van der Waals surface area (Å²) in [6, 6.07) is 12.5. The summed E-state index contributed by atoms with van der Waals surface area (Å²) >= 11 is 0. The van der Waals surface area contributed by atoms with Crippen LogP contribution >= 0.6 is 0 Å². The van der Waals surface area contributed by atoms with Gasteiger partial charge in [-0.2, -0.15) is 0 Å². The van der Waals surface area contributed by atoms with E-state index in [2.05, 4.69) is 15.3 Å². The van der Waals surface area contributed by atoms with Crippen molar-refractivity contribution < 1.29 is 18.3 Å². The van der Waals surface area contributed by atoms with Gasteiger partial charge in [0.05, 0.1) is 18.8 Å². The van der Waals surface area contributed by atoms with Crippen molar-refractivity contribution in [2.75, 3.05) is 32.1 Å². The Labute approximate surface area is 178 Å². The maximum atomic E-state index is 14.0. The van der Waals surface area contributed by atoms with E-state index in [1.807, 2.05) is 0 Å². The molecule has 3 aromatic rings. The Balaban J connectivity index is 1.51. The topological polar surface area (TPSA) is 67.4 Å². The van der Waals surface area contributed by atoms with Crippen LogP contribution in [0.1, 0.15) is 33.4 Å². The number of anilines is 1. The van der Waals surface area contributed by atoms with Gasteiger partial charge in [0, 0.05) is 43.0 Å². The number of nitrogens with one attached hydrogen (secondary N) is 1. The zero-order valence-electron chi connectivity index (χ0n) is 17.0. The first-order chi connectivity index (χ1) is 15.0. The van der Waals surface area contributed by atoms with Gasteiger partial charge in [-0.3, -0.25) is 9.78 Å². The number of hydrogen-bond donors (Lipinski definition) is 1. The highest BCUT2D eigenvalue weighted by Gasteiger charge is 2.27. The van der Waals surface area contributed by atoms with Crippen molar-refractivity contribution in [2.24, 2.45) is 0 Å². The molecule has 1 amide bonds. The number of pyridine rings is 2. The van der Waals surface area contributed by atoms with Crippen LogP contribution in [0.15, 0.2) is 54.7 Å². The van der Waals surface area contributed by atoms with Crippen LogP contribution in [0.3, 0.4) is 0 Å². The Hall–Kier alpha value is -3.39. The molecular weight excluding hydrogens is 402 g/mol. The predicted octanol–water partition coefficient (Wildman–Crippen LogP) is 3.60. The third kappa shape index (κ3) is 4.69. The summed E-state index contributed by atoms with van der Waals surface area (Å²) in [5, 5.41) is 2.92. The van der Waals surface area contributed by atoms with Crippen LogP contribution in [-0.2, 0) is 11.2 Å². The van der Waals surface area contributed by atoms with E-state index in [1.54, 1.807) is 48.5 Å². The molecule has 160 valence electrons. The second-order valence-electron chi connectivity index (χ2n) is 7.22. The molecule has 1 fully saturated rings. The van der Waals surface area contributed by atoms with Crippen LogP contribution in [0.2, 0.25) is 0 Å². The monoisotopic (exact) mass is 424 g/mol. The second-order valence-corrected chi connectivity index (χ2v) is 7.22. The third-order valence-electron chi connectivity index (χ3n) is 5.19. The van der Waals surface area contributed by atoms with Crippen LogP contribution in [0.5, 0.6) is 0 Å². The second kappa shape index (κ2) is 9.18. The molecule has 3 heterocycles. The molecule has 0 radical (unpaired) electrons. The van der Waals surface area contributed by atoms with Crippen LogP contribution in [-0.4, -0.2) is 47.5 Å². The number of ether oxygens (including phenoxy) is 1. The molecule has 1 aliphatic heterocycles. The number of amides is 1. The lowest BCUT2D eigenvalue weighted by Crippen LogP contribution is -2.42. The number of rotatable bonds is 5. The highest BCUT2D eigenvalue weighted by Crippen LogP contribution is 2.24. The van der Waals surface area contributed by atoms with E-state index in [4.69, 9.17) is 4.74 Å². The molecule has 4 rings (SSSR count). The minimum atomic E-state index is -0.601. The number of carbonyl (C=O) groups excluding carboxylic acids is 1. The van der Waals surface area contributed by atoms with Crippen LogP contribution in [0.4, 0.5) is 14.6 Å². The average Bonchev–Trinajstić information content (AvgIpc) is 2.81. The molecule has 0 saturated carbocycles. The molecular formula is C23H22F2N4O2. The zero-order chi connectivity index (χ0) is 21.8. The van der Waals surface area contributed by atoms with Crippen molar-refractivity contribution in [2.45, 2.75) is 12.5 Å². The lowest BCUT2D eigenvalue weighted by molar-refractivity contribution is -0.0247. The third-order valence-corrected chi connectivity index (χ3v) is 5.19. The molecule has 1 atom stereocenters. The number of carbonyl (C=O) groups is 1. The van der Waals surface area contributed by atoms with Gasteiger partial charge in [-0.05, 0) is 36.4 Å². The lowest BCUT2D eigenvalue weighted by Gasteiger charge is -2.33. The maximum absolute atomic E-state index is 14.0. The molecule has 2 aromatic heterocycles. The van der Waals surface area contributed by atoms with Gasteiger partial charge in [0.15, 0.2) is 0 Å². The van der Waals surface area contributed by atoms with E-state index in [0.717, 1.165) is 0 Å². The van der Waals surface area contributed by atoms with Gasteiger partial charge in [0.1, 0.15) is 23.6 Å². The lowest BCUT2D eigenvalue weighted by atomic mass is 10.1. The molecule has 1 aliphatic rings. The van der Waals surface area contributed by atoms with Crippen molar-refractivity contribution in [3.05, 3.63) is 88.9 Å². The molecule has 31 heavy (non-hydrogen) atoms. The molecule has 1 N–H and O–H groups in total. The fourth-order valence-electron chi connectivity index (χ4n) is 3.55. The van der Waals surface area contributed by atoms with Crippen molar-refractivity contribution in [3.63, 3.8) is 0 Å². The summed E-state index contributed by atoms with van der Waals surface area (Å²) < 4.78 is 33.9. The maximum Gasteiger partial charge on any atom is 0.254 e. The van der Waals surface area contributed by atoms with Crippen molar-refractivity contribution in [3.8, 4) is 0 Å². The highest BCUT2D eigenvalue weighted by atomic mass is 19.1. The Kier molecular flexibility index (Phi) is 6.18. The SMILES string of the molecule is CNc1cc(C(=O)N2CCO[C@H](c3cccc(Cc4c(F)cccc4F)n3)C2)ccn1. The van der Waals surface area contributed by atoms with Crippen molar-refractivity contribution in [1.82, 2.24) is 14.9 Å². The van der Waals surface area contributed by atoms with Gasteiger partial charge >= 0.3 is 0 Å². The van der Waals surface area contributed by atoms with E-state index in [9.17, 15) is 13.6 Å². The van der Waals surface area contributed by atoms with Gasteiger partial charge in [0.2, 0.25) is 0 Å². The first kappa shape index (κ1) is 20.9. The van der Waals surface area contributed by atoms with Gasteiger partial charge in [0.25, 0.3) is 5.91 Å². The normalized spacial score (nSPS) is 16.2. The van der Waals surface area contributed by atoms with Crippen molar-refractivity contribution >= 4 is 11.7 Å².